The molecule has 0 saturated carbocycles. The zero-order valence-corrected chi connectivity index (χ0v) is 12.6. The van der Waals surface area contributed by atoms with Gasteiger partial charge in [-0.1, -0.05) is 59.3 Å². The lowest BCUT2D eigenvalue weighted by Crippen LogP contribution is -2.18. The Labute approximate surface area is 93.2 Å². The normalized spacial score (nSPS) is 12.2. The molecule has 0 aliphatic heterocycles. The Balaban J connectivity index is 3.26. The van der Waals surface area contributed by atoms with E-state index in [4.69, 9.17) is 4.43 Å². The van der Waals surface area contributed by atoms with Crippen LogP contribution >= 0.6 is 0 Å². The number of rotatable bonds is 9. The third kappa shape index (κ3) is 8.76. The number of hydrogen-bond donors (Lipinski definition) is 0. The van der Waals surface area contributed by atoms with Crippen LogP contribution in [-0.4, -0.2) is 17.1 Å². The summed E-state index contributed by atoms with van der Waals surface area (Å²) in [5.74, 6) is 0. The van der Waals surface area contributed by atoms with Crippen molar-refractivity contribution < 1.29 is 4.43 Å². The lowest BCUT2D eigenvalue weighted by atomic mass is 9.88. The van der Waals surface area contributed by atoms with Gasteiger partial charge in [0.05, 0.1) is 0 Å². The van der Waals surface area contributed by atoms with Crippen molar-refractivity contribution in [2.45, 2.75) is 65.7 Å². The third-order valence-electron chi connectivity index (χ3n) is 2.74. The predicted molar refractivity (Wildman–Crippen MR) is 67.7 cm³/mol. The van der Waals surface area contributed by atoms with Crippen molar-refractivity contribution in [3.63, 3.8) is 0 Å². The molecule has 0 aromatic rings. The van der Waals surface area contributed by atoms with Crippen molar-refractivity contribution in [3.05, 3.63) is 0 Å². The standard InChI is InChI=1S/C12H28OSi/c1-4-5-6-7-8-9-10-12(2,3)11-13-14/h4-11H2,1-3,14H3. The van der Waals surface area contributed by atoms with Crippen molar-refractivity contribution in [2.75, 3.05) is 6.61 Å². The molecular weight excluding hydrogens is 188 g/mol. The van der Waals surface area contributed by atoms with Gasteiger partial charge in [0.1, 0.15) is 10.5 Å². The van der Waals surface area contributed by atoms with Crippen LogP contribution in [0.5, 0.6) is 0 Å². The van der Waals surface area contributed by atoms with Gasteiger partial charge < -0.3 is 4.43 Å². The average Bonchev–Trinajstić information content (AvgIpc) is 2.11. The molecule has 0 aromatic carbocycles. The molecule has 0 N–H and O–H groups in total. The van der Waals surface area contributed by atoms with Crippen LogP contribution in [0.15, 0.2) is 0 Å². The summed E-state index contributed by atoms with van der Waals surface area (Å²) in [6.45, 7) is 7.85. The van der Waals surface area contributed by atoms with E-state index in [0.717, 1.165) is 17.1 Å². The first-order valence-corrected chi connectivity index (χ1v) is 6.93. The van der Waals surface area contributed by atoms with Gasteiger partial charge in [0.2, 0.25) is 0 Å². The molecule has 0 saturated heterocycles. The lowest BCUT2D eigenvalue weighted by Gasteiger charge is -2.23. The Morgan fingerprint density at radius 2 is 1.57 bits per heavy atom. The van der Waals surface area contributed by atoms with Crippen molar-refractivity contribution >= 4 is 10.5 Å². The van der Waals surface area contributed by atoms with Gasteiger partial charge in [-0.25, -0.2) is 0 Å². The van der Waals surface area contributed by atoms with E-state index < -0.39 is 0 Å². The van der Waals surface area contributed by atoms with Gasteiger partial charge >= 0.3 is 0 Å². The molecule has 0 bridgehead atoms. The van der Waals surface area contributed by atoms with Gasteiger partial charge in [0.15, 0.2) is 0 Å². The minimum Gasteiger partial charge on any atom is -0.427 e. The molecule has 0 heterocycles. The highest BCUT2D eigenvalue weighted by molar-refractivity contribution is 5.97. The average molecular weight is 216 g/mol. The van der Waals surface area contributed by atoms with Crippen LogP contribution in [0, 0.1) is 5.41 Å². The quantitative estimate of drug-likeness (QED) is 0.425. The Kier molecular flexibility index (Phi) is 8.59. The zero-order valence-electron chi connectivity index (χ0n) is 10.6. The third-order valence-corrected chi connectivity index (χ3v) is 3.03. The van der Waals surface area contributed by atoms with Crippen molar-refractivity contribution in [1.82, 2.24) is 0 Å². The largest absolute Gasteiger partial charge is 0.427 e. The summed E-state index contributed by atoms with van der Waals surface area (Å²) in [5.41, 5.74) is 0.409. The highest BCUT2D eigenvalue weighted by atomic mass is 28.2. The smallest absolute Gasteiger partial charge is 0.145 e. The molecule has 0 fully saturated rings. The molecule has 1 nitrogen and oxygen atoms in total. The molecule has 0 aliphatic rings. The molecule has 0 aromatic heterocycles. The van der Waals surface area contributed by atoms with Crippen LogP contribution in [-0.2, 0) is 4.43 Å². The Hall–Kier alpha value is 0.177. The maximum absolute atomic E-state index is 5.34. The number of hydrogen-bond acceptors (Lipinski definition) is 1. The van der Waals surface area contributed by atoms with Crippen LogP contribution in [0.4, 0.5) is 0 Å². The van der Waals surface area contributed by atoms with Crippen LogP contribution in [0.2, 0.25) is 0 Å². The molecule has 0 spiro atoms. The summed E-state index contributed by atoms with van der Waals surface area (Å²) in [7, 11) is 0.881. The molecule has 86 valence electrons. The van der Waals surface area contributed by atoms with Gasteiger partial charge in [-0.15, -0.1) is 0 Å². The SMILES string of the molecule is CCCCCCCCC(C)(C)CO[SiH3]. The van der Waals surface area contributed by atoms with Crippen LogP contribution < -0.4 is 0 Å². The molecular formula is C12H28OSi. The van der Waals surface area contributed by atoms with Crippen molar-refractivity contribution in [2.24, 2.45) is 5.41 Å². The van der Waals surface area contributed by atoms with Crippen molar-refractivity contribution in [3.8, 4) is 0 Å². The van der Waals surface area contributed by atoms with Gasteiger partial charge in [-0.2, -0.15) is 0 Å². The monoisotopic (exact) mass is 216 g/mol. The van der Waals surface area contributed by atoms with Gasteiger partial charge in [0, 0.05) is 6.61 Å². The molecule has 0 atom stereocenters. The van der Waals surface area contributed by atoms with Crippen LogP contribution in [0.1, 0.15) is 65.7 Å². The summed E-state index contributed by atoms with van der Waals surface area (Å²) in [4.78, 5) is 0. The molecule has 2 heteroatoms. The summed E-state index contributed by atoms with van der Waals surface area (Å²) >= 11 is 0. The molecule has 0 amide bonds. The molecule has 14 heavy (non-hydrogen) atoms. The summed E-state index contributed by atoms with van der Waals surface area (Å²) in [5, 5.41) is 0. The molecule has 0 aliphatic carbocycles. The van der Waals surface area contributed by atoms with E-state index in [0.29, 0.717) is 5.41 Å². The fourth-order valence-corrected chi connectivity index (χ4v) is 2.63. The van der Waals surface area contributed by atoms with E-state index in [1.165, 1.54) is 44.9 Å². The fraction of sp³-hybridized carbons (Fsp3) is 1.00. The maximum atomic E-state index is 5.34. The highest BCUT2D eigenvalue weighted by Crippen LogP contribution is 2.24. The summed E-state index contributed by atoms with van der Waals surface area (Å²) in [6, 6.07) is 0. The first-order chi connectivity index (χ1) is 6.62. The van der Waals surface area contributed by atoms with Gasteiger partial charge in [0.25, 0.3) is 0 Å². The summed E-state index contributed by atoms with van der Waals surface area (Å²) < 4.78 is 5.34. The van der Waals surface area contributed by atoms with Crippen molar-refractivity contribution in [1.29, 1.82) is 0 Å². The Bertz CT molecular complexity index is 123. The highest BCUT2D eigenvalue weighted by Gasteiger charge is 2.15. The second-order valence-corrected chi connectivity index (χ2v) is 5.69. The second-order valence-electron chi connectivity index (χ2n) is 5.11. The van der Waals surface area contributed by atoms with Crippen LogP contribution in [0.25, 0.3) is 0 Å². The Morgan fingerprint density at radius 3 is 2.14 bits per heavy atom. The molecule has 0 unspecified atom stereocenters. The van der Waals surface area contributed by atoms with Gasteiger partial charge in [-0.05, 0) is 11.8 Å². The minimum absolute atomic E-state index is 0.409. The zero-order chi connectivity index (χ0) is 10.9. The topological polar surface area (TPSA) is 9.23 Å². The van der Waals surface area contributed by atoms with E-state index in [1.54, 1.807) is 0 Å². The number of unbranched alkanes of at least 4 members (excludes halogenated alkanes) is 5. The second kappa shape index (κ2) is 8.48. The van der Waals surface area contributed by atoms with E-state index in [2.05, 4.69) is 20.8 Å². The van der Waals surface area contributed by atoms with E-state index in [-0.39, 0.29) is 0 Å². The van der Waals surface area contributed by atoms with E-state index >= 15 is 0 Å². The first kappa shape index (κ1) is 14.2. The van der Waals surface area contributed by atoms with E-state index in [9.17, 15) is 0 Å². The molecule has 0 rings (SSSR count). The molecule has 0 radical (unpaired) electrons. The van der Waals surface area contributed by atoms with Crippen LogP contribution in [0.3, 0.4) is 0 Å². The lowest BCUT2D eigenvalue weighted by molar-refractivity contribution is 0.177. The predicted octanol–water partition coefficient (Wildman–Crippen LogP) is 3.06. The van der Waals surface area contributed by atoms with E-state index in [1.807, 2.05) is 0 Å². The fourth-order valence-electron chi connectivity index (χ4n) is 1.85. The minimum atomic E-state index is 0.409. The van der Waals surface area contributed by atoms with Gasteiger partial charge in [-0.3, -0.25) is 0 Å². The summed E-state index contributed by atoms with van der Waals surface area (Å²) in [6.07, 6.45) is 9.71. The Morgan fingerprint density at radius 1 is 1.00 bits per heavy atom. The first-order valence-electron chi connectivity index (χ1n) is 6.11. The maximum Gasteiger partial charge on any atom is 0.145 e.